The molecular formula is C13H22N2S. The van der Waals surface area contributed by atoms with Gasteiger partial charge < -0.3 is 5.32 Å². The van der Waals surface area contributed by atoms with E-state index in [4.69, 9.17) is 0 Å². The molecule has 0 saturated heterocycles. The second-order valence-electron chi connectivity index (χ2n) is 5.01. The first-order chi connectivity index (χ1) is 7.66. The molecule has 1 unspecified atom stereocenters. The van der Waals surface area contributed by atoms with Gasteiger partial charge >= 0.3 is 0 Å². The van der Waals surface area contributed by atoms with Gasteiger partial charge in [-0.2, -0.15) is 0 Å². The van der Waals surface area contributed by atoms with Crippen LogP contribution in [-0.4, -0.2) is 11.0 Å². The van der Waals surface area contributed by atoms with Crippen molar-refractivity contribution in [3.8, 4) is 0 Å². The molecule has 16 heavy (non-hydrogen) atoms. The third-order valence-corrected chi connectivity index (χ3v) is 4.49. The molecular weight excluding hydrogens is 216 g/mol. The SMILES string of the molecule is Cc1nc(C(C)N[C@H](C)C2CCCC2)cs1. The normalized spacial score (nSPS) is 21.2. The summed E-state index contributed by atoms with van der Waals surface area (Å²) >= 11 is 1.74. The average molecular weight is 238 g/mol. The van der Waals surface area contributed by atoms with Gasteiger partial charge in [0, 0.05) is 17.5 Å². The highest BCUT2D eigenvalue weighted by atomic mass is 32.1. The molecule has 90 valence electrons. The lowest BCUT2D eigenvalue weighted by Crippen LogP contribution is -2.34. The van der Waals surface area contributed by atoms with Gasteiger partial charge in [0.05, 0.1) is 10.7 Å². The van der Waals surface area contributed by atoms with Crippen molar-refractivity contribution in [3.05, 3.63) is 16.1 Å². The van der Waals surface area contributed by atoms with Crippen molar-refractivity contribution in [1.82, 2.24) is 10.3 Å². The van der Waals surface area contributed by atoms with E-state index in [1.165, 1.54) is 31.4 Å². The van der Waals surface area contributed by atoms with Crippen LogP contribution in [0.25, 0.3) is 0 Å². The van der Waals surface area contributed by atoms with Crippen molar-refractivity contribution >= 4 is 11.3 Å². The van der Waals surface area contributed by atoms with Crippen LogP contribution in [0, 0.1) is 12.8 Å². The summed E-state index contributed by atoms with van der Waals surface area (Å²) in [6.07, 6.45) is 5.63. The summed E-state index contributed by atoms with van der Waals surface area (Å²) in [5, 5.41) is 7.03. The minimum Gasteiger partial charge on any atom is -0.306 e. The third-order valence-electron chi connectivity index (χ3n) is 3.70. The molecule has 1 aromatic rings. The Balaban J connectivity index is 1.88. The maximum absolute atomic E-state index is 4.55. The predicted molar refractivity (Wildman–Crippen MR) is 69.8 cm³/mol. The molecule has 1 heterocycles. The zero-order valence-corrected chi connectivity index (χ0v) is 11.3. The molecule has 0 radical (unpaired) electrons. The molecule has 2 nitrogen and oxygen atoms in total. The standard InChI is InChI=1S/C13H22N2S/c1-9(12-6-4-5-7-12)14-10(2)13-8-16-11(3)15-13/h8-10,12,14H,4-7H2,1-3H3/t9-,10?/m1/s1. The second kappa shape index (κ2) is 5.28. The minimum absolute atomic E-state index is 0.389. The number of aromatic nitrogens is 1. The molecule has 1 aliphatic carbocycles. The van der Waals surface area contributed by atoms with E-state index in [1.54, 1.807) is 11.3 Å². The van der Waals surface area contributed by atoms with Crippen LogP contribution >= 0.6 is 11.3 Å². The van der Waals surface area contributed by atoms with Gasteiger partial charge in [-0.15, -0.1) is 11.3 Å². The summed E-state index contributed by atoms with van der Waals surface area (Å²) in [5.74, 6) is 0.877. The average Bonchev–Trinajstić information content (AvgIpc) is 2.87. The highest BCUT2D eigenvalue weighted by molar-refractivity contribution is 7.09. The Bertz CT molecular complexity index is 328. The largest absolute Gasteiger partial charge is 0.306 e. The van der Waals surface area contributed by atoms with Crippen molar-refractivity contribution in [2.45, 2.75) is 58.5 Å². The summed E-state index contributed by atoms with van der Waals surface area (Å²) < 4.78 is 0. The molecule has 1 aliphatic rings. The van der Waals surface area contributed by atoms with Crippen LogP contribution in [-0.2, 0) is 0 Å². The second-order valence-corrected chi connectivity index (χ2v) is 6.08. The Labute approximate surface area is 102 Å². The fourth-order valence-corrected chi connectivity index (χ4v) is 3.36. The summed E-state index contributed by atoms with van der Waals surface area (Å²) in [6, 6.07) is 1.01. The first kappa shape index (κ1) is 12.1. The van der Waals surface area contributed by atoms with Crippen molar-refractivity contribution in [2.75, 3.05) is 0 Å². The van der Waals surface area contributed by atoms with Crippen LogP contribution in [0.2, 0.25) is 0 Å². The monoisotopic (exact) mass is 238 g/mol. The first-order valence-corrected chi connectivity index (χ1v) is 7.23. The van der Waals surface area contributed by atoms with Gasteiger partial charge in [-0.3, -0.25) is 0 Å². The Morgan fingerprint density at radius 3 is 2.62 bits per heavy atom. The quantitative estimate of drug-likeness (QED) is 0.865. The lowest BCUT2D eigenvalue weighted by molar-refractivity contribution is 0.350. The topological polar surface area (TPSA) is 24.9 Å². The van der Waals surface area contributed by atoms with Crippen LogP contribution in [0.4, 0.5) is 0 Å². The summed E-state index contributed by atoms with van der Waals surface area (Å²) in [5.41, 5.74) is 1.20. The highest BCUT2D eigenvalue weighted by Crippen LogP contribution is 2.28. The van der Waals surface area contributed by atoms with Gasteiger partial charge in [-0.25, -0.2) is 4.98 Å². The van der Waals surface area contributed by atoms with E-state index in [0.29, 0.717) is 12.1 Å². The molecule has 2 rings (SSSR count). The van der Waals surface area contributed by atoms with Gasteiger partial charge in [0.15, 0.2) is 0 Å². The number of nitrogens with zero attached hydrogens (tertiary/aromatic N) is 1. The lowest BCUT2D eigenvalue weighted by atomic mass is 9.99. The molecule has 1 saturated carbocycles. The van der Waals surface area contributed by atoms with Crippen LogP contribution in [0.3, 0.4) is 0 Å². The van der Waals surface area contributed by atoms with E-state index >= 15 is 0 Å². The highest BCUT2D eigenvalue weighted by Gasteiger charge is 2.23. The van der Waals surface area contributed by atoms with Gasteiger partial charge in [0.25, 0.3) is 0 Å². The number of hydrogen-bond acceptors (Lipinski definition) is 3. The molecule has 0 spiro atoms. The number of nitrogens with one attached hydrogen (secondary N) is 1. The first-order valence-electron chi connectivity index (χ1n) is 6.35. The summed E-state index contributed by atoms with van der Waals surface area (Å²) in [6.45, 7) is 6.62. The minimum atomic E-state index is 0.389. The van der Waals surface area contributed by atoms with Gasteiger partial charge in [0.2, 0.25) is 0 Å². The Morgan fingerprint density at radius 1 is 1.38 bits per heavy atom. The molecule has 0 bridgehead atoms. The van der Waals surface area contributed by atoms with Crippen LogP contribution in [0.1, 0.15) is 56.3 Å². The number of thiazole rings is 1. The molecule has 2 atom stereocenters. The van der Waals surface area contributed by atoms with Gasteiger partial charge in [-0.05, 0) is 39.5 Å². The van der Waals surface area contributed by atoms with E-state index in [9.17, 15) is 0 Å². The maximum Gasteiger partial charge on any atom is 0.0898 e. The smallest absolute Gasteiger partial charge is 0.0898 e. The van der Waals surface area contributed by atoms with E-state index in [1.807, 2.05) is 0 Å². The van der Waals surface area contributed by atoms with Crippen molar-refractivity contribution < 1.29 is 0 Å². The van der Waals surface area contributed by atoms with E-state index < -0.39 is 0 Å². The van der Waals surface area contributed by atoms with Crippen molar-refractivity contribution in [1.29, 1.82) is 0 Å². The number of hydrogen-bond donors (Lipinski definition) is 1. The number of aryl methyl sites for hydroxylation is 1. The van der Waals surface area contributed by atoms with Gasteiger partial charge in [0.1, 0.15) is 0 Å². The van der Waals surface area contributed by atoms with Crippen LogP contribution in [0.15, 0.2) is 5.38 Å². The molecule has 0 aliphatic heterocycles. The van der Waals surface area contributed by atoms with Crippen LogP contribution in [0.5, 0.6) is 0 Å². The van der Waals surface area contributed by atoms with E-state index in [2.05, 4.69) is 36.5 Å². The van der Waals surface area contributed by atoms with E-state index in [0.717, 1.165) is 10.9 Å². The summed E-state index contributed by atoms with van der Waals surface area (Å²) in [7, 11) is 0. The molecule has 3 heteroatoms. The number of rotatable bonds is 4. The van der Waals surface area contributed by atoms with Crippen molar-refractivity contribution in [2.24, 2.45) is 5.92 Å². The fourth-order valence-electron chi connectivity index (χ4n) is 2.65. The zero-order chi connectivity index (χ0) is 11.5. The molecule has 1 aromatic heterocycles. The molecule has 1 fully saturated rings. The summed E-state index contributed by atoms with van der Waals surface area (Å²) in [4.78, 5) is 4.55. The van der Waals surface area contributed by atoms with Crippen molar-refractivity contribution in [3.63, 3.8) is 0 Å². The molecule has 0 aromatic carbocycles. The Kier molecular flexibility index (Phi) is 3.98. The Morgan fingerprint density at radius 2 is 2.06 bits per heavy atom. The maximum atomic E-state index is 4.55. The Hall–Kier alpha value is -0.410. The van der Waals surface area contributed by atoms with E-state index in [-0.39, 0.29) is 0 Å². The molecule has 1 N–H and O–H groups in total. The third kappa shape index (κ3) is 2.83. The van der Waals surface area contributed by atoms with Gasteiger partial charge in [-0.1, -0.05) is 12.8 Å². The molecule has 0 amide bonds. The zero-order valence-electron chi connectivity index (χ0n) is 10.5. The lowest BCUT2D eigenvalue weighted by Gasteiger charge is -2.24. The van der Waals surface area contributed by atoms with Crippen LogP contribution < -0.4 is 5.32 Å². The predicted octanol–water partition coefficient (Wildman–Crippen LogP) is 3.68. The fraction of sp³-hybridized carbons (Fsp3) is 0.769.